The van der Waals surface area contributed by atoms with Crippen molar-refractivity contribution in [2.75, 3.05) is 6.54 Å². The fraction of sp³-hybridized carbons (Fsp3) is 0.385. The molecule has 19 heavy (non-hydrogen) atoms. The molecule has 3 rings (SSSR count). The zero-order valence-electron chi connectivity index (χ0n) is 10.5. The molecule has 6 heteroatoms. The van der Waals surface area contributed by atoms with Crippen LogP contribution in [0.4, 0.5) is 0 Å². The van der Waals surface area contributed by atoms with Crippen LogP contribution >= 0.6 is 0 Å². The van der Waals surface area contributed by atoms with E-state index in [1.165, 1.54) is 0 Å². The zero-order chi connectivity index (χ0) is 13.3. The number of para-hydroxylation sites is 1. The van der Waals surface area contributed by atoms with Crippen LogP contribution < -0.4 is 9.44 Å². The van der Waals surface area contributed by atoms with E-state index in [1.807, 2.05) is 30.5 Å². The van der Waals surface area contributed by atoms with Crippen molar-refractivity contribution in [2.24, 2.45) is 0 Å². The Bertz CT molecular complexity index is 674. The average Bonchev–Trinajstić information content (AvgIpc) is 3.07. The molecule has 1 aromatic carbocycles. The summed E-state index contributed by atoms with van der Waals surface area (Å²) in [5.41, 5.74) is 2.21. The van der Waals surface area contributed by atoms with Crippen molar-refractivity contribution in [3.05, 3.63) is 36.0 Å². The lowest BCUT2D eigenvalue weighted by Crippen LogP contribution is -2.38. The first-order valence-corrected chi connectivity index (χ1v) is 7.94. The molecule has 1 aliphatic rings. The van der Waals surface area contributed by atoms with Gasteiger partial charge in [-0.05, 0) is 30.9 Å². The van der Waals surface area contributed by atoms with E-state index in [2.05, 4.69) is 14.4 Å². The lowest BCUT2D eigenvalue weighted by molar-refractivity contribution is 0.566. The minimum Gasteiger partial charge on any atom is -0.361 e. The third-order valence-corrected chi connectivity index (χ3v) is 4.49. The first-order chi connectivity index (χ1) is 9.14. The SMILES string of the molecule is O=S(=O)(NCCc1c[nH]c2ccccc12)NC1CC1. The number of benzene rings is 1. The number of aromatic amines is 1. The standard InChI is InChI=1S/C13H17N3O2S/c17-19(18,16-11-5-6-11)15-8-7-10-9-14-13-4-2-1-3-12(10)13/h1-4,9,11,14-16H,5-8H2. The van der Waals surface area contributed by atoms with Gasteiger partial charge in [0.2, 0.25) is 0 Å². The highest BCUT2D eigenvalue weighted by atomic mass is 32.2. The van der Waals surface area contributed by atoms with Gasteiger partial charge >= 0.3 is 0 Å². The van der Waals surface area contributed by atoms with Crippen LogP contribution in [-0.4, -0.2) is 26.0 Å². The monoisotopic (exact) mass is 279 g/mol. The summed E-state index contributed by atoms with van der Waals surface area (Å²) in [6.45, 7) is 0.407. The lowest BCUT2D eigenvalue weighted by atomic mass is 10.1. The number of aromatic nitrogens is 1. The highest BCUT2D eigenvalue weighted by molar-refractivity contribution is 7.87. The summed E-state index contributed by atoms with van der Waals surface area (Å²) in [6.07, 6.45) is 4.51. The van der Waals surface area contributed by atoms with Gasteiger partial charge in [-0.2, -0.15) is 13.1 Å². The molecular weight excluding hydrogens is 262 g/mol. The van der Waals surface area contributed by atoms with Crippen molar-refractivity contribution < 1.29 is 8.42 Å². The van der Waals surface area contributed by atoms with E-state index in [1.54, 1.807) is 0 Å². The Balaban J connectivity index is 1.60. The normalized spacial score (nSPS) is 16.0. The smallest absolute Gasteiger partial charge is 0.277 e. The van der Waals surface area contributed by atoms with Gasteiger partial charge in [0.05, 0.1) is 0 Å². The third kappa shape index (κ3) is 3.15. The van der Waals surface area contributed by atoms with Gasteiger partial charge in [-0.3, -0.25) is 0 Å². The van der Waals surface area contributed by atoms with Gasteiger partial charge in [-0.1, -0.05) is 18.2 Å². The van der Waals surface area contributed by atoms with Crippen LogP contribution in [0.5, 0.6) is 0 Å². The van der Waals surface area contributed by atoms with Crippen LogP contribution in [-0.2, 0) is 16.6 Å². The minimum atomic E-state index is -3.34. The highest BCUT2D eigenvalue weighted by Gasteiger charge is 2.26. The molecule has 1 fully saturated rings. The van der Waals surface area contributed by atoms with Crippen molar-refractivity contribution in [1.29, 1.82) is 0 Å². The number of hydrogen-bond donors (Lipinski definition) is 3. The van der Waals surface area contributed by atoms with E-state index in [9.17, 15) is 8.42 Å². The summed E-state index contributed by atoms with van der Waals surface area (Å²) >= 11 is 0. The average molecular weight is 279 g/mol. The number of H-pyrrole nitrogens is 1. The Hall–Kier alpha value is -1.37. The van der Waals surface area contributed by atoms with E-state index >= 15 is 0 Å². The molecule has 102 valence electrons. The molecule has 5 nitrogen and oxygen atoms in total. The predicted octanol–water partition coefficient (Wildman–Crippen LogP) is 1.30. The summed E-state index contributed by atoms with van der Waals surface area (Å²) in [5.74, 6) is 0. The maximum Gasteiger partial charge on any atom is 0.277 e. The quantitative estimate of drug-likeness (QED) is 0.745. The zero-order valence-corrected chi connectivity index (χ0v) is 11.3. The molecule has 0 saturated heterocycles. The van der Waals surface area contributed by atoms with E-state index < -0.39 is 10.2 Å². The summed E-state index contributed by atoms with van der Waals surface area (Å²) in [6, 6.07) is 8.16. The van der Waals surface area contributed by atoms with Crippen molar-refractivity contribution in [2.45, 2.75) is 25.3 Å². The van der Waals surface area contributed by atoms with Gasteiger partial charge in [0.15, 0.2) is 0 Å². The lowest BCUT2D eigenvalue weighted by Gasteiger charge is -2.06. The van der Waals surface area contributed by atoms with Gasteiger partial charge in [-0.15, -0.1) is 0 Å². The predicted molar refractivity (Wildman–Crippen MR) is 75.1 cm³/mol. The van der Waals surface area contributed by atoms with Gasteiger partial charge < -0.3 is 4.98 Å². The second kappa shape index (κ2) is 4.96. The molecule has 1 heterocycles. The number of hydrogen-bond acceptors (Lipinski definition) is 2. The number of rotatable bonds is 6. The Morgan fingerprint density at radius 2 is 2.05 bits per heavy atom. The Kier molecular flexibility index (Phi) is 3.30. The van der Waals surface area contributed by atoms with Crippen LogP contribution in [0, 0.1) is 0 Å². The van der Waals surface area contributed by atoms with Gasteiger partial charge in [-0.25, -0.2) is 4.72 Å². The third-order valence-electron chi connectivity index (χ3n) is 3.26. The largest absolute Gasteiger partial charge is 0.361 e. The Labute approximate surface area is 112 Å². The van der Waals surface area contributed by atoms with Crippen LogP contribution in [0.1, 0.15) is 18.4 Å². The van der Waals surface area contributed by atoms with Crippen LogP contribution in [0.15, 0.2) is 30.5 Å². The summed E-state index contributed by atoms with van der Waals surface area (Å²) < 4.78 is 28.5. The van der Waals surface area contributed by atoms with Crippen molar-refractivity contribution in [1.82, 2.24) is 14.4 Å². The van der Waals surface area contributed by atoms with Gasteiger partial charge in [0.25, 0.3) is 10.2 Å². The summed E-state index contributed by atoms with van der Waals surface area (Å²) in [4.78, 5) is 3.19. The Morgan fingerprint density at radius 1 is 1.26 bits per heavy atom. The fourth-order valence-corrected chi connectivity index (χ4v) is 3.25. The van der Waals surface area contributed by atoms with Gasteiger partial charge in [0.1, 0.15) is 0 Å². The molecule has 3 N–H and O–H groups in total. The first kappa shape index (κ1) is 12.7. The van der Waals surface area contributed by atoms with Crippen molar-refractivity contribution >= 4 is 21.1 Å². The highest BCUT2D eigenvalue weighted by Crippen LogP contribution is 2.19. The van der Waals surface area contributed by atoms with E-state index in [-0.39, 0.29) is 6.04 Å². The van der Waals surface area contributed by atoms with Gasteiger partial charge in [0, 0.05) is 29.7 Å². The summed E-state index contributed by atoms with van der Waals surface area (Å²) in [5, 5.41) is 1.15. The number of nitrogens with one attached hydrogen (secondary N) is 3. The molecule has 1 saturated carbocycles. The Morgan fingerprint density at radius 3 is 2.84 bits per heavy atom. The molecule has 0 radical (unpaired) electrons. The van der Waals surface area contributed by atoms with Crippen molar-refractivity contribution in [3.63, 3.8) is 0 Å². The van der Waals surface area contributed by atoms with E-state index in [4.69, 9.17) is 0 Å². The molecule has 0 unspecified atom stereocenters. The first-order valence-electron chi connectivity index (χ1n) is 6.46. The van der Waals surface area contributed by atoms with E-state index in [0.29, 0.717) is 13.0 Å². The fourth-order valence-electron chi connectivity index (χ4n) is 2.12. The number of fused-ring (bicyclic) bond motifs is 1. The van der Waals surface area contributed by atoms with Crippen LogP contribution in [0.2, 0.25) is 0 Å². The van der Waals surface area contributed by atoms with Crippen molar-refractivity contribution in [3.8, 4) is 0 Å². The maximum atomic E-state index is 11.6. The second-order valence-electron chi connectivity index (χ2n) is 4.90. The van der Waals surface area contributed by atoms with E-state index in [0.717, 1.165) is 29.3 Å². The molecule has 0 amide bonds. The maximum absolute atomic E-state index is 11.6. The molecule has 1 aliphatic carbocycles. The molecule has 0 spiro atoms. The molecule has 1 aromatic heterocycles. The second-order valence-corrected chi connectivity index (χ2v) is 6.43. The molecule has 0 bridgehead atoms. The molecule has 0 atom stereocenters. The van der Waals surface area contributed by atoms with Crippen LogP contribution in [0.3, 0.4) is 0 Å². The minimum absolute atomic E-state index is 0.144. The van der Waals surface area contributed by atoms with Crippen LogP contribution in [0.25, 0.3) is 10.9 Å². The molecule has 2 aromatic rings. The topological polar surface area (TPSA) is 74.0 Å². The molecular formula is C13H17N3O2S. The summed E-state index contributed by atoms with van der Waals surface area (Å²) in [7, 11) is -3.34. The molecule has 0 aliphatic heterocycles.